The van der Waals surface area contributed by atoms with Crippen LogP contribution in [0.3, 0.4) is 0 Å². The van der Waals surface area contributed by atoms with Crippen molar-refractivity contribution in [3.63, 3.8) is 0 Å². The number of hydrogen-bond acceptors (Lipinski definition) is 0. The molecule has 0 saturated heterocycles. The fraction of sp³-hybridized carbons (Fsp3) is 0. The molecular formula is H20IrO10Ta5. The van der Waals surface area contributed by atoms with Crippen LogP contribution >= 0.6 is 0 Å². The van der Waals surface area contributed by atoms with Gasteiger partial charge in [-0.05, 0) is 0 Å². The summed E-state index contributed by atoms with van der Waals surface area (Å²) < 4.78 is 0. The molecule has 0 bridgehead atoms. The Morgan fingerprint density at radius 2 is 0.188 bits per heavy atom. The van der Waals surface area contributed by atoms with Crippen LogP contribution in [-0.2, 0) is 132 Å². The molecule has 0 spiro atoms. The summed E-state index contributed by atoms with van der Waals surface area (Å²) in [6, 6.07) is 0. The van der Waals surface area contributed by atoms with E-state index in [0.717, 1.165) is 0 Å². The van der Waals surface area contributed by atoms with Crippen molar-refractivity contribution in [2.75, 3.05) is 0 Å². The van der Waals surface area contributed by atoms with Gasteiger partial charge in [-0.2, -0.15) is 0 Å². The first-order valence-electron chi connectivity index (χ1n) is 0. The standard InChI is InChI=1S/Ir.10H2O.5Ta/h;10*1H2;;;;;. The van der Waals surface area contributed by atoms with Crippen LogP contribution in [0.15, 0.2) is 0 Å². The fourth-order valence-corrected chi connectivity index (χ4v) is 0. The van der Waals surface area contributed by atoms with Crippen LogP contribution in [0.5, 0.6) is 0 Å². The minimum Gasteiger partial charge on any atom is -0.412 e. The van der Waals surface area contributed by atoms with Gasteiger partial charge in [0.1, 0.15) is 0 Å². The zero-order chi connectivity index (χ0) is 0. The molecule has 0 rings (SSSR count). The van der Waals surface area contributed by atoms with Crippen LogP contribution < -0.4 is 0 Å². The molecule has 114 valence electrons. The van der Waals surface area contributed by atoms with E-state index in [2.05, 4.69) is 0 Å². The maximum atomic E-state index is 0. The predicted octanol–water partition coefficient (Wildman–Crippen LogP) is -8.26. The summed E-state index contributed by atoms with van der Waals surface area (Å²) in [6.45, 7) is 0. The maximum Gasteiger partial charge on any atom is 0 e. The molecule has 0 aromatic carbocycles. The van der Waals surface area contributed by atoms with Gasteiger partial charge >= 0.3 is 0 Å². The van der Waals surface area contributed by atoms with Gasteiger partial charge in [-0.3, -0.25) is 0 Å². The molecule has 16 heteroatoms. The second kappa shape index (κ2) is 391. The normalized spacial score (nSPS) is 0. The Labute approximate surface area is 184 Å². The molecule has 6 radical (unpaired) electrons. The summed E-state index contributed by atoms with van der Waals surface area (Å²) in [4.78, 5) is 0. The molecule has 20 N–H and O–H groups in total. The molecule has 0 unspecified atom stereocenters. The van der Waals surface area contributed by atoms with E-state index in [1.807, 2.05) is 0 Å². The topological polar surface area (TPSA) is 315 Å². The zero-order valence-electron chi connectivity index (χ0n) is 7.57. The molecule has 0 amide bonds. The quantitative estimate of drug-likeness (QED) is 0.218. The zero-order valence-corrected chi connectivity index (χ0v) is 26.0. The van der Waals surface area contributed by atoms with E-state index in [1.54, 1.807) is 0 Å². The Balaban J connectivity index is 0. The molecule has 0 aliphatic carbocycles. The molecule has 0 saturated carbocycles. The van der Waals surface area contributed by atoms with Crippen molar-refractivity contribution in [2.45, 2.75) is 0 Å². The summed E-state index contributed by atoms with van der Waals surface area (Å²) in [5.74, 6) is 0. The first-order chi connectivity index (χ1) is 0. The third kappa shape index (κ3) is 330. The SMILES string of the molecule is O.O.O.O.O.O.O.O.O.O.[Ir].[Ta].[Ta].[Ta].[Ta].[Ta]. The van der Waals surface area contributed by atoms with Crippen molar-refractivity contribution < 1.29 is 187 Å². The van der Waals surface area contributed by atoms with Gasteiger partial charge in [0.2, 0.25) is 0 Å². The van der Waals surface area contributed by atoms with E-state index in [9.17, 15) is 0 Å². The monoisotopic (exact) mass is 1280 g/mol. The van der Waals surface area contributed by atoms with Crippen LogP contribution in [-0.4, -0.2) is 54.8 Å². The van der Waals surface area contributed by atoms with E-state index in [1.165, 1.54) is 0 Å². The Morgan fingerprint density at radius 3 is 0.188 bits per heavy atom. The summed E-state index contributed by atoms with van der Waals surface area (Å²) >= 11 is 0. The Hall–Kier alpha value is 3.95. The average molecular weight is 1280 g/mol. The van der Waals surface area contributed by atoms with Crippen molar-refractivity contribution in [1.82, 2.24) is 0 Å². The molecule has 0 aliphatic heterocycles. The summed E-state index contributed by atoms with van der Waals surface area (Å²) in [5, 5.41) is 0. The summed E-state index contributed by atoms with van der Waals surface area (Å²) in [5.41, 5.74) is 0. The van der Waals surface area contributed by atoms with Gasteiger partial charge in [-0.25, -0.2) is 0 Å². The number of rotatable bonds is 0. The second-order valence-corrected chi connectivity index (χ2v) is 0. The van der Waals surface area contributed by atoms with Crippen LogP contribution in [0, 0.1) is 0 Å². The minimum absolute atomic E-state index is 0. The largest absolute Gasteiger partial charge is 0.412 e. The Morgan fingerprint density at radius 1 is 0.188 bits per heavy atom. The first kappa shape index (κ1) is 459. The van der Waals surface area contributed by atoms with Gasteiger partial charge in [0, 0.05) is 132 Å². The molecule has 0 atom stereocenters. The van der Waals surface area contributed by atoms with Gasteiger partial charge in [0.05, 0.1) is 0 Å². The van der Waals surface area contributed by atoms with E-state index in [4.69, 9.17) is 0 Å². The van der Waals surface area contributed by atoms with E-state index < -0.39 is 0 Å². The molecule has 0 aliphatic rings. The predicted molar refractivity (Wildman–Crippen MR) is 36.1 cm³/mol. The summed E-state index contributed by atoms with van der Waals surface area (Å²) in [7, 11) is 0. The van der Waals surface area contributed by atoms with E-state index in [0.29, 0.717) is 0 Å². The molecule has 0 fully saturated rings. The molecule has 0 aromatic rings. The average Bonchev–Trinajstić information content (AvgIpc) is 0. The Bertz CT molecular complexity index is 19.2. The molecule has 16 heavy (non-hydrogen) atoms. The molecular weight excluding hydrogens is 1260 g/mol. The molecule has 0 aromatic heterocycles. The second-order valence-electron chi connectivity index (χ2n) is 0. The Kier molecular flexibility index (Phi) is 11200. The van der Waals surface area contributed by atoms with E-state index >= 15 is 0 Å². The van der Waals surface area contributed by atoms with Gasteiger partial charge in [-0.15, -0.1) is 0 Å². The smallest absolute Gasteiger partial charge is 0 e. The third-order valence-corrected chi connectivity index (χ3v) is 0. The van der Waals surface area contributed by atoms with Crippen LogP contribution in [0.2, 0.25) is 0 Å². The van der Waals surface area contributed by atoms with Crippen molar-refractivity contribution in [3.8, 4) is 0 Å². The van der Waals surface area contributed by atoms with Crippen LogP contribution in [0.25, 0.3) is 0 Å². The third-order valence-electron chi connectivity index (χ3n) is 0. The first-order valence-corrected chi connectivity index (χ1v) is 0. The fourth-order valence-electron chi connectivity index (χ4n) is 0. The van der Waals surface area contributed by atoms with Gasteiger partial charge in [0.15, 0.2) is 0 Å². The van der Waals surface area contributed by atoms with Crippen molar-refractivity contribution in [3.05, 3.63) is 0 Å². The van der Waals surface area contributed by atoms with Crippen molar-refractivity contribution in [2.24, 2.45) is 0 Å². The molecule has 10 nitrogen and oxygen atoms in total. The van der Waals surface area contributed by atoms with Crippen LogP contribution in [0.4, 0.5) is 0 Å². The summed E-state index contributed by atoms with van der Waals surface area (Å²) in [6.07, 6.45) is 0. The van der Waals surface area contributed by atoms with Gasteiger partial charge < -0.3 is 54.8 Å². The molecule has 0 heterocycles. The van der Waals surface area contributed by atoms with E-state index in [-0.39, 0.29) is 187 Å². The maximum absolute atomic E-state index is 0. The van der Waals surface area contributed by atoms with Crippen LogP contribution in [0.1, 0.15) is 0 Å². The van der Waals surface area contributed by atoms with Crippen molar-refractivity contribution in [1.29, 1.82) is 0 Å². The van der Waals surface area contributed by atoms with Gasteiger partial charge in [-0.1, -0.05) is 0 Å². The minimum atomic E-state index is 0. The van der Waals surface area contributed by atoms with Gasteiger partial charge in [0.25, 0.3) is 0 Å². The number of hydrogen-bond donors (Lipinski definition) is 0. The van der Waals surface area contributed by atoms with Crippen molar-refractivity contribution >= 4 is 0 Å².